The molecule has 226 valence electrons. The second-order valence-corrected chi connectivity index (χ2v) is 11.2. The van der Waals surface area contributed by atoms with Gasteiger partial charge in [-0.3, -0.25) is 9.78 Å². The van der Waals surface area contributed by atoms with Gasteiger partial charge in [0.2, 0.25) is 0 Å². The molecule has 2 heterocycles. The van der Waals surface area contributed by atoms with Gasteiger partial charge in [-0.1, -0.05) is 41.9 Å². The number of benzene rings is 3. The van der Waals surface area contributed by atoms with E-state index >= 15 is 0 Å². The standard InChI is InChI=1S/C35H34ClN3O5/c1-24-28(6-3-8-32(24)27-5-2-7-31(14-27)42-12-4-10-39-11-9-30(41)20-39)23-44-35-16-34(29(21-40)15-33(35)36)43-22-26-13-25(17-37)18-38-19-26/h2-3,5-8,13-16,18-19,21,30,41H,4,9-12,20,22-23H2,1H3/t30-/m1/s1. The molecular formula is C35H34ClN3O5. The van der Waals surface area contributed by atoms with Crippen LogP contribution < -0.4 is 14.2 Å². The van der Waals surface area contributed by atoms with Gasteiger partial charge in [0.1, 0.15) is 36.5 Å². The second kappa shape index (κ2) is 14.8. The highest BCUT2D eigenvalue weighted by atomic mass is 35.5. The largest absolute Gasteiger partial charge is 0.494 e. The number of ether oxygens (including phenoxy) is 3. The molecule has 0 bridgehead atoms. The van der Waals surface area contributed by atoms with Crippen LogP contribution in [0.5, 0.6) is 17.2 Å². The van der Waals surface area contributed by atoms with E-state index in [1.807, 2.05) is 30.3 Å². The third-order valence-electron chi connectivity index (χ3n) is 7.62. The highest BCUT2D eigenvalue weighted by Gasteiger charge is 2.19. The van der Waals surface area contributed by atoms with Gasteiger partial charge in [0.25, 0.3) is 0 Å². The number of nitrogens with zero attached hydrogens (tertiary/aromatic N) is 3. The number of pyridine rings is 1. The maximum absolute atomic E-state index is 11.7. The zero-order valence-electron chi connectivity index (χ0n) is 24.5. The molecule has 0 amide bonds. The number of β-amino-alcohol motifs (C(OH)–C–C–N with tert-alkyl or cyclic N) is 1. The van der Waals surface area contributed by atoms with Crippen molar-refractivity contribution in [1.29, 1.82) is 5.26 Å². The van der Waals surface area contributed by atoms with E-state index in [2.05, 4.69) is 35.0 Å². The van der Waals surface area contributed by atoms with E-state index < -0.39 is 0 Å². The molecule has 3 aromatic carbocycles. The summed E-state index contributed by atoms with van der Waals surface area (Å²) < 4.78 is 18.1. The lowest BCUT2D eigenvalue weighted by Gasteiger charge is -2.16. The van der Waals surface area contributed by atoms with Crippen LogP contribution in [0.2, 0.25) is 5.02 Å². The molecule has 1 aliphatic rings. The number of aliphatic hydroxyl groups excluding tert-OH is 1. The molecule has 1 fully saturated rings. The molecule has 0 aliphatic carbocycles. The quantitative estimate of drug-likeness (QED) is 0.137. The van der Waals surface area contributed by atoms with Crippen LogP contribution in [0.25, 0.3) is 11.1 Å². The molecule has 9 heteroatoms. The van der Waals surface area contributed by atoms with Crippen molar-refractivity contribution in [3.63, 3.8) is 0 Å². The number of aliphatic hydroxyl groups is 1. The van der Waals surface area contributed by atoms with Crippen LogP contribution in [0, 0.1) is 18.3 Å². The molecule has 0 unspecified atom stereocenters. The fraction of sp³-hybridized carbons (Fsp3) is 0.286. The summed E-state index contributed by atoms with van der Waals surface area (Å²) in [7, 11) is 0. The van der Waals surface area contributed by atoms with Crippen molar-refractivity contribution in [2.24, 2.45) is 0 Å². The molecule has 1 atom stereocenters. The first kappa shape index (κ1) is 31.0. The predicted octanol–water partition coefficient (Wildman–Crippen LogP) is 6.39. The van der Waals surface area contributed by atoms with E-state index in [0.717, 1.165) is 60.5 Å². The minimum atomic E-state index is -0.202. The predicted molar refractivity (Wildman–Crippen MR) is 168 cm³/mol. The van der Waals surface area contributed by atoms with E-state index in [-0.39, 0.29) is 19.3 Å². The van der Waals surface area contributed by atoms with Gasteiger partial charge < -0.3 is 24.2 Å². The summed E-state index contributed by atoms with van der Waals surface area (Å²) in [4.78, 5) is 18.0. The smallest absolute Gasteiger partial charge is 0.153 e. The SMILES string of the molecule is Cc1c(COc2cc(OCc3cncc(C#N)c3)c(C=O)cc2Cl)cccc1-c1cccc(OCCCN2CC[C@@H](O)C2)c1. The maximum atomic E-state index is 11.7. The highest BCUT2D eigenvalue weighted by Crippen LogP contribution is 2.34. The first-order valence-electron chi connectivity index (χ1n) is 14.5. The third kappa shape index (κ3) is 7.94. The Hall–Kier alpha value is -4.42. The monoisotopic (exact) mass is 611 g/mol. The average Bonchev–Trinajstić information content (AvgIpc) is 3.47. The highest BCUT2D eigenvalue weighted by molar-refractivity contribution is 6.32. The maximum Gasteiger partial charge on any atom is 0.153 e. The Morgan fingerprint density at radius 2 is 1.91 bits per heavy atom. The fourth-order valence-corrected chi connectivity index (χ4v) is 5.45. The number of carbonyl (C=O) groups excluding carboxylic acids is 1. The van der Waals surface area contributed by atoms with E-state index in [9.17, 15) is 9.90 Å². The van der Waals surface area contributed by atoms with Gasteiger partial charge in [-0.2, -0.15) is 5.26 Å². The molecule has 1 N–H and O–H groups in total. The van der Waals surface area contributed by atoms with Crippen molar-refractivity contribution in [2.45, 2.75) is 39.1 Å². The fourth-order valence-electron chi connectivity index (χ4n) is 5.22. The molecule has 1 aliphatic heterocycles. The summed E-state index contributed by atoms with van der Waals surface area (Å²) in [6.45, 7) is 5.66. The average molecular weight is 612 g/mol. The normalized spacial score (nSPS) is 14.6. The number of aromatic nitrogens is 1. The van der Waals surface area contributed by atoms with Crippen molar-refractivity contribution in [3.8, 4) is 34.4 Å². The van der Waals surface area contributed by atoms with E-state index in [1.54, 1.807) is 18.3 Å². The van der Waals surface area contributed by atoms with Crippen LogP contribution in [0.15, 0.2) is 73.1 Å². The zero-order chi connectivity index (χ0) is 30.9. The van der Waals surface area contributed by atoms with Crippen LogP contribution in [0.1, 0.15) is 45.5 Å². The van der Waals surface area contributed by atoms with Crippen LogP contribution >= 0.6 is 11.6 Å². The molecule has 8 nitrogen and oxygen atoms in total. The van der Waals surface area contributed by atoms with Crippen LogP contribution in [0.3, 0.4) is 0 Å². The first-order valence-corrected chi connectivity index (χ1v) is 14.9. The molecule has 1 aromatic heterocycles. The Labute approximate surface area is 262 Å². The van der Waals surface area contributed by atoms with Gasteiger partial charge in [0, 0.05) is 43.7 Å². The van der Waals surface area contributed by atoms with Crippen molar-refractivity contribution < 1.29 is 24.1 Å². The molecule has 1 saturated heterocycles. The van der Waals surface area contributed by atoms with Gasteiger partial charge in [0.15, 0.2) is 6.29 Å². The summed E-state index contributed by atoms with van der Waals surface area (Å²) in [5.41, 5.74) is 5.59. The molecular weight excluding hydrogens is 578 g/mol. The first-order chi connectivity index (χ1) is 21.4. The number of nitriles is 1. The Morgan fingerprint density at radius 1 is 1.07 bits per heavy atom. The Bertz CT molecular complexity index is 1650. The molecule has 0 radical (unpaired) electrons. The number of carbonyl (C=O) groups is 1. The Morgan fingerprint density at radius 3 is 2.70 bits per heavy atom. The van der Waals surface area contributed by atoms with Crippen molar-refractivity contribution >= 4 is 17.9 Å². The van der Waals surface area contributed by atoms with Crippen molar-refractivity contribution in [2.75, 3.05) is 26.2 Å². The van der Waals surface area contributed by atoms with Gasteiger partial charge in [-0.15, -0.1) is 0 Å². The molecule has 0 saturated carbocycles. The van der Waals surface area contributed by atoms with Crippen LogP contribution in [0.4, 0.5) is 0 Å². The van der Waals surface area contributed by atoms with Gasteiger partial charge >= 0.3 is 0 Å². The van der Waals surface area contributed by atoms with E-state index in [0.29, 0.717) is 46.1 Å². The lowest BCUT2D eigenvalue weighted by atomic mass is 9.96. The Balaban J connectivity index is 1.23. The minimum absolute atomic E-state index is 0.122. The minimum Gasteiger partial charge on any atom is -0.494 e. The van der Waals surface area contributed by atoms with E-state index in [4.69, 9.17) is 31.1 Å². The topological polar surface area (TPSA) is 105 Å². The summed E-state index contributed by atoms with van der Waals surface area (Å²) in [6.07, 6.45) is 5.30. The number of hydrogen-bond acceptors (Lipinski definition) is 8. The zero-order valence-corrected chi connectivity index (χ0v) is 25.3. The Kier molecular flexibility index (Phi) is 10.5. The van der Waals surface area contributed by atoms with Gasteiger partial charge in [-0.05, 0) is 66.3 Å². The van der Waals surface area contributed by atoms with Crippen molar-refractivity contribution in [3.05, 3.63) is 106 Å². The summed E-state index contributed by atoms with van der Waals surface area (Å²) >= 11 is 6.47. The molecule has 5 rings (SSSR count). The molecule has 44 heavy (non-hydrogen) atoms. The van der Waals surface area contributed by atoms with Gasteiger partial charge in [-0.25, -0.2) is 0 Å². The number of halogens is 1. The van der Waals surface area contributed by atoms with Crippen molar-refractivity contribution in [1.82, 2.24) is 9.88 Å². The number of aldehydes is 1. The molecule has 4 aromatic rings. The lowest BCUT2D eigenvalue weighted by molar-refractivity contribution is 0.111. The van der Waals surface area contributed by atoms with E-state index in [1.165, 1.54) is 12.3 Å². The number of hydrogen-bond donors (Lipinski definition) is 1. The molecule has 0 spiro atoms. The third-order valence-corrected chi connectivity index (χ3v) is 7.91. The summed E-state index contributed by atoms with van der Waals surface area (Å²) in [5, 5.41) is 19.1. The number of likely N-dealkylation sites (tertiary alicyclic amines) is 1. The summed E-state index contributed by atoms with van der Waals surface area (Å²) in [6, 6.07) is 21.0. The number of rotatable bonds is 13. The second-order valence-electron chi connectivity index (χ2n) is 10.8. The van der Waals surface area contributed by atoms with Crippen LogP contribution in [-0.2, 0) is 13.2 Å². The van der Waals surface area contributed by atoms with Crippen LogP contribution in [-0.4, -0.2) is 53.6 Å². The lowest BCUT2D eigenvalue weighted by Crippen LogP contribution is -2.24. The van der Waals surface area contributed by atoms with Gasteiger partial charge in [0.05, 0.1) is 28.9 Å². The summed E-state index contributed by atoms with van der Waals surface area (Å²) in [5.74, 6) is 1.52.